The zero-order valence-electron chi connectivity index (χ0n) is 6.34. The van der Waals surface area contributed by atoms with E-state index >= 15 is 0 Å². The molecule has 1 fully saturated rings. The lowest BCUT2D eigenvalue weighted by molar-refractivity contribution is -0.0132. The molecule has 0 aliphatic carbocycles. The zero-order valence-corrected chi connectivity index (χ0v) is 6.34. The molecule has 1 heterocycles. The van der Waals surface area contributed by atoms with Gasteiger partial charge in [0.1, 0.15) is 0 Å². The van der Waals surface area contributed by atoms with Crippen LogP contribution in [0.2, 0.25) is 0 Å². The maximum Gasteiger partial charge on any atom is 0.0643 e. The van der Waals surface area contributed by atoms with Crippen molar-refractivity contribution in [3.63, 3.8) is 0 Å². The first-order valence-electron chi connectivity index (χ1n) is 3.81. The fourth-order valence-corrected chi connectivity index (χ4v) is 0.965. The van der Waals surface area contributed by atoms with Crippen molar-refractivity contribution < 1.29 is 9.84 Å². The van der Waals surface area contributed by atoms with Crippen LogP contribution in [0.3, 0.4) is 0 Å². The summed E-state index contributed by atoms with van der Waals surface area (Å²) in [5.74, 6) is 0. The van der Waals surface area contributed by atoms with Crippen LogP contribution in [0.15, 0.2) is 0 Å². The second-order valence-corrected chi connectivity index (χ2v) is 2.69. The molecule has 1 unspecified atom stereocenters. The summed E-state index contributed by atoms with van der Waals surface area (Å²) in [6.45, 7) is 3.90. The summed E-state index contributed by atoms with van der Waals surface area (Å²) in [5, 5.41) is 12.1. The molecule has 0 aromatic heterocycles. The monoisotopic (exact) mass is 145 g/mol. The Morgan fingerprint density at radius 2 is 2.40 bits per heavy atom. The number of rotatable bonds is 4. The van der Waals surface area contributed by atoms with Gasteiger partial charge in [0, 0.05) is 6.04 Å². The lowest BCUT2D eigenvalue weighted by atomic mass is 10.2. The fourth-order valence-electron chi connectivity index (χ4n) is 0.965. The van der Waals surface area contributed by atoms with Crippen molar-refractivity contribution in [1.82, 2.24) is 5.32 Å². The van der Waals surface area contributed by atoms with Crippen LogP contribution in [-0.2, 0) is 4.74 Å². The van der Waals surface area contributed by atoms with E-state index < -0.39 is 0 Å². The van der Waals surface area contributed by atoms with Gasteiger partial charge in [-0.3, -0.25) is 0 Å². The molecule has 0 radical (unpaired) electrons. The molecule has 0 saturated carbocycles. The summed E-state index contributed by atoms with van der Waals surface area (Å²) in [6, 6.07) is 0.742. The third kappa shape index (κ3) is 1.94. The Balaban J connectivity index is 2.08. The van der Waals surface area contributed by atoms with Gasteiger partial charge in [0.25, 0.3) is 0 Å². The maximum absolute atomic E-state index is 8.79. The van der Waals surface area contributed by atoms with Crippen molar-refractivity contribution in [2.75, 3.05) is 19.8 Å². The van der Waals surface area contributed by atoms with Crippen molar-refractivity contribution >= 4 is 0 Å². The number of aliphatic hydroxyl groups excluding tert-OH is 1. The Bertz CT molecular complexity index is 89.6. The highest BCUT2D eigenvalue weighted by Crippen LogP contribution is 2.02. The van der Waals surface area contributed by atoms with E-state index in [-0.39, 0.29) is 12.6 Å². The van der Waals surface area contributed by atoms with Crippen LogP contribution in [0.5, 0.6) is 0 Å². The molecule has 0 amide bonds. The molecule has 0 spiro atoms. The first-order valence-corrected chi connectivity index (χ1v) is 3.81. The fraction of sp³-hybridized carbons (Fsp3) is 1.00. The van der Waals surface area contributed by atoms with Gasteiger partial charge in [-0.05, 0) is 6.42 Å². The van der Waals surface area contributed by atoms with Gasteiger partial charge >= 0.3 is 0 Å². The van der Waals surface area contributed by atoms with Gasteiger partial charge in [-0.15, -0.1) is 0 Å². The van der Waals surface area contributed by atoms with Crippen LogP contribution in [-0.4, -0.2) is 37.0 Å². The SMILES string of the molecule is CCC(CO)NC1COC1. The number of aliphatic hydroxyl groups is 1. The molecule has 0 aromatic rings. The Morgan fingerprint density at radius 3 is 2.70 bits per heavy atom. The van der Waals surface area contributed by atoms with Gasteiger partial charge in [0.2, 0.25) is 0 Å². The van der Waals surface area contributed by atoms with E-state index in [2.05, 4.69) is 12.2 Å². The molecule has 10 heavy (non-hydrogen) atoms. The zero-order chi connectivity index (χ0) is 7.40. The standard InChI is InChI=1S/C7H15NO2/c1-2-6(3-9)8-7-4-10-5-7/h6-9H,2-5H2,1H3. The quantitative estimate of drug-likeness (QED) is 0.573. The van der Waals surface area contributed by atoms with E-state index in [1.807, 2.05) is 0 Å². The van der Waals surface area contributed by atoms with Crippen LogP contribution in [0.1, 0.15) is 13.3 Å². The molecule has 1 rings (SSSR count). The van der Waals surface area contributed by atoms with Gasteiger partial charge in [-0.2, -0.15) is 0 Å². The number of nitrogens with one attached hydrogen (secondary N) is 1. The van der Waals surface area contributed by atoms with E-state index in [1.165, 1.54) is 0 Å². The van der Waals surface area contributed by atoms with Crippen LogP contribution in [0.4, 0.5) is 0 Å². The van der Waals surface area contributed by atoms with Gasteiger partial charge in [-0.1, -0.05) is 6.92 Å². The number of hydrogen-bond donors (Lipinski definition) is 2. The molecule has 3 heteroatoms. The normalized spacial score (nSPS) is 22.2. The van der Waals surface area contributed by atoms with Crippen LogP contribution < -0.4 is 5.32 Å². The van der Waals surface area contributed by atoms with Crippen molar-refractivity contribution in [2.24, 2.45) is 0 Å². The summed E-state index contributed by atoms with van der Waals surface area (Å²) in [6.07, 6.45) is 0.979. The van der Waals surface area contributed by atoms with Crippen LogP contribution in [0.25, 0.3) is 0 Å². The minimum Gasteiger partial charge on any atom is -0.395 e. The molecule has 1 saturated heterocycles. The van der Waals surface area contributed by atoms with E-state index in [4.69, 9.17) is 9.84 Å². The third-order valence-electron chi connectivity index (χ3n) is 1.82. The summed E-state index contributed by atoms with van der Waals surface area (Å²) in [4.78, 5) is 0. The van der Waals surface area contributed by atoms with Crippen LogP contribution in [0, 0.1) is 0 Å². The minimum absolute atomic E-state index is 0.229. The molecule has 1 atom stereocenters. The molecule has 3 nitrogen and oxygen atoms in total. The smallest absolute Gasteiger partial charge is 0.0643 e. The predicted molar refractivity (Wildman–Crippen MR) is 38.9 cm³/mol. The highest BCUT2D eigenvalue weighted by atomic mass is 16.5. The van der Waals surface area contributed by atoms with E-state index in [9.17, 15) is 0 Å². The lowest BCUT2D eigenvalue weighted by Gasteiger charge is -2.30. The first-order chi connectivity index (χ1) is 4.86. The van der Waals surface area contributed by atoms with Crippen molar-refractivity contribution in [3.8, 4) is 0 Å². The van der Waals surface area contributed by atoms with Crippen molar-refractivity contribution in [1.29, 1.82) is 0 Å². The molecule has 1 aliphatic rings. The summed E-state index contributed by atoms with van der Waals surface area (Å²) >= 11 is 0. The Hall–Kier alpha value is -0.120. The maximum atomic E-state index is 8.79. The largest absolute Gasteiger partial charge is 0.395 e. The third-order valence-corrected chi connectivity index (χ3v) is 1.82. The molecular formula is C7H15NO2. The lowest BCUT2D eigenvalue weighted by Crippen LogP contribution is -2.51. The molecule has 2 N–H and O–H groups in total. The molecular weight excluding hydrogens is 130 g/mol. The second-order valence-electron chi connectivity index (χ2n) is 2.69. The summed E-state index contributed by atoms with van der Waals surface area (Å²) in [7, 11) is 0. The van der Waals surface area contributed by atoms with Crippen LogP contribution >= 0.6 is 0 Å². The average molecular weight is 145 g/mol. The van der Waals surface area contributed by atoms with E-state index in [1.54, 1.807) is 0 Å². The topological polar surface area (TPSA) is 41.5 Å². The summed E-state index contributed by atoms with van der Waals surface area (Å²) < 4.78 is 4.98. The van der Waals surface area contributed by atoms with Crippen molar-refractivity contribution in [3.05, 3.63) is 0 Å². The van der Waals surface area contributed by atoms with E-state index in [0.29, 0.717) is 6.04 Å². The Morgan fingerprint density at radius 1 is 1.70 bits per heavy atom. The van der Waals surface area contributed by atoms with Crippen molar-refractivity contribution in [2.45, 2.75) is 25.4 Å². The van der Waals surface area contributed by atoms with E-state index in [0.717, 1.165) is 19.6 Å². The number of hydrogen-bond acceptors (Lipinski definition) is 3. The highest BCUT2D eigenvalue weighted by molar-refractivity contribution is 4.77. The summed E-state index contributed by atoms with van der Waals surface area (Å²) in [5.41, 5.74) is 0. The average Bonchev–Trinajstić information content (AvgIpc) is 1.87. The Kier molecular flexibility index (Phi) is 3.12. The molecule has 0 bridgehead atoms. The van der Waals surface area contributed by atoms with Gasteiger partial charge in [0.05, 0.1) is 25.9 Å². The highest BCUT2D eigenvalue weighted by Gasteiger charge is 2.20. The Labute approximate surface area is 61.4 Å². The minimum atomic E-state index is 0.229. The first kappa shape index (κ1) is 7.98. The molecule has 1 aliphatic heterocycles. The van der Waals surface area contributed by atoms with Gasteiger partial charge < -0.3 is 15.2 Å². The second kappa shape index (κ2) is 3.91. The molecule has 0 aromatic carbocycles. The van der Waals surface area contributed by atoms with Gasteiger partial charge in [-0.25, -0.2) is 0 Å². The van der Waals surface area contributed by atoms with Gasteiger partial charge in [0.15, 0.2) is 0 Å². The number of ether oxygens (including phenoxy) is 1. The molecule has 60 valence electrons. The predicted octanol–water partition coefficient (Wildman–Crippen LogP) is -0.254.